The second-order valence-electron chi connectivity index (χ2n) is 2.88. The topological polar surface area (TPSA) is 49.4 Å². The molecule has 0 aromatic carbocycles. The smallest absolute Gasteiger partial charge is 0.235 e. The van der Waals surface area contributed by atoms with Gasteiger partial charge in [-0.2, -0.15) is 0 Å². The van der Waals surface area contributed by atoms with Gasteiger partial charge in [0.25, 0.3) is 0 Å². The Hall–Kier alpha value is -0.770. The van der Waals surface area contributed by atoms with Crippen LogP contribution in [0.3, 0.4) is 0 Å². The highest BCUT2D eigenvalue weighted by Crippen LogP contribution is 2.07. The van der Waals surface area contributed by atoms with E-state index in [9.17, 15) is 9.59 Å². The van der Waals surface area contributed by atoms with Crippen LogP contribution in [0, 0.1) is 0 Å². The number of amides is 2. The first-order valence-electron chi connectivity index (χ1n) is 3.72. The standard InChI is InChI=1S/C7H11ClN2O2/c1-10-4-5(2-7(10)12)9-6(11)3-8/h5H,2-4H2,1H3,(H,9,11). The highest BCUT2D eigenvalue weighted by atomic mass is 35.5. The summed E-state index contributed by atoms with van der Waals surface area (Å²) in [4.78, 5) is 23.4. The molecule has 0 bridgehead atoms. The van der Waals surface area contributed by atoms with Gasteiger partial charge in [-0.3, -0.25) is 9.59 Å². The molecule has 1 unspecified atom stereocenters. The lowest BCUT2D eigenvalue weighted by Gasteiger charge is -2.10. The summed E-state index contributed by atoms with van der Waals surface area (Å²) in [6.45, 7) is 0.585. The zero-order valence-electron chi connectivity index (χ0n) is 6.84. The first-order valence-corrected chi connectivity index (χ1v) is 4.26. The number of hydrogen-bond acceptors (Lipinski definition) is 2. The summed E-state index contributed by atoms with van der Waals surface area (Å²) < 4.78 is 0. The Morgan fingerprint density at radius 2 is 2.50 bits per heavy atom. The molecule has 1 N–H and O–H groups in total. The van der Waals surface area contributed by atoms with Crippen molar-refractivity contribution in [2.45, 2.75) is 12.5 Å². The Morgan fingerprint density at radius 3 is 2.92 bits per heavy atom. The Bertz CT molecular complexity index is 208. The van der Waals surface area contributed by atoms with Crippen molar-refractivity contribution in [2.24, 2.45) is 0 Å². The molecular weight excluding hydrogens is 180 g/mol. The minimum atomic E-state index is -0.218. The molecule has 68 valence electrons. The second kappa shape index (κ2) is 3.76. The molecule has 1 fully saturated rings. The molecule has 1 saturated heterocycles. The van der Waals surface area contributed by atoms with Crippen molar-refractivity contribution in [1.82, 2.24) is 10.2 Å². The van der Waals surface area contributed by atoms with E-state index in [2.05, 4.69) is 5.32 Å². The van der Waals surface area contributed by atoms with Gasteiger partial charge in [0.2, 0.25) is 11.8 Å². The summed E-state index contributed by atoms with van der Waals surface area (Å²) in [5.41, 5.74) is 0. The van der Waals surface area contributed by atoms with Gasteiger partial charge in [0.15, 0.2) is 0 Å². The Kier molecular flexibility index (Phi) is 2.92. The van der Waals surface area contributed by atoms with Crippen molar-refractivity contribution in [3.05, 3.63) is 0 Å². The van der Waals surface area contributed by atoms with Gasteiger partial charge in [-0.25, -0.2) is 0 Å². The highest BCUT2D eigenvalue weighted by molar-refractivity contribution is 6.27. The zero-order chi connectivity index (χ0) is 9.14. The van der Waals surface area contributed by atoms with Gasteiger partial charge in [-0.15, -0.1) is 11.6 Å². The maximum absolute atomic E-state index is 11.0. The molecule has 1 aliphatic rings. The molecule has 0 aromatic heterocycles. The maximum Gasteiger partial charge on any atom is 0.235 e. The van der Waals surface area contributed by atoms with Crippen LogP contribution in [0.2, 0.25) is 0 Å². The molecule has 0 spiro atoms. The molecular formula is C7H11ClN2O2. The third kappa shape index (κ3) is 2.11. The van der Waals surface area contributed by atoms with Crippen molar-refractivity contribution < 1.29 is 9.59 Å². The van der Waals surface area contributed by atoms with Crippen LogP contribution in [0.25, 0.3) is 0 Å². The van der Waals surface area contributed by atoms with Crippen molar-refractivity contribution in [1.29, 1.82) is 0 Å². The molecule has 1 aliphatic heterocycles. The van der Waals surface area contributed by atoms with E-state index >= 15 is 0 Å². The largest absolute Gasteiger partial charge is 0.350 e. The van der Waals surface area contributed by atoms with Gasteiger partial charge in [-0.05, 0) is 0 Å². The van der Waals surface area contributed by atoms with Crippen molar-refractivity contribution in [3.63, 3.8) is 0 Å². The maximum atomic E-state index is 11.0. The van der Waals surface area contributed by atoms with Gasteiger partial charge >= 0.3 is 0 Å². The summed E-state index contributed by atoms with van der Waals surface area (Å²) in [5.74, 6) is -0.200. The van der Waals surface area contributed by atoms with Crippen molar-refractivity contribution >= 4 is 23.4 Å². The third-order valence-electron chi connectivity index (χ3n) is 1.83. The number of halogens is 1. The minimum Gasteiger partial charge on any atom is -0.350 e. The monoisotopic (exact) mass is 190 g/mol. The van der Waals surface area contributed by atoms with E-state index in [1.165, 1.54) is 0 Å². The second-order valence-corrected chi connectivity index (χ2v) is 3.14. The number of likely N-dealkylation sites (tertiary alicyclic amines) is 1. The number of nitrogens with one attached hydrogen (secondary N) is 1. The van der Waals surface area contributed by atoms with E-state index in [1.54, 1.807) is 11.9 Å². The van der Waals surface area contributed by atoms with E-state index in [4.69, 9.17) is 11.6 Å². The summed E-state index contributed by atoms with van der Waals surface area (Å²) in [6.07, 6.45) is 0.388. The van der Waals surface area contributed by atoms with Gasteiger partial charge in [0.1, 0.15) is 5.88 Å². The van der Waals surface area contributed by atoms with Crippen LogP contribution in [-0.4, -0.2) is 42.2 Å². The Morgan fingerprint density at radius 1 is 1.83 bits per heavy atom. The SMILES string of the molecule is CN1CC(NC(=O)CCl)CC1=O. The molecule has 0 radical (unpaired) electrons. The average Bonchev–Trinajstić information content (AvgIpc) is 2.31. The molecule has 2 amide bonds. The Balaban J connectivity index is 2.37. The molecule has 4 nitrogen and oxygen atoms in total. The number of nitrogens with zero attached hydrogens (tertiary/aromatic N) is 1. The molecule has 1 rings (SSSR count). The first-order chi connectivity index (χ1) is 5.63. The number of hydrogen-bond donors (Lipinski definition) is 1. The van der Waals surface area contributed by atoms with Crippen molar-refractivity contribution in [2.75, 3.05) is 19.5 Å². The lowest BCUT2D eigenvalue weighted by molar-refractivity contribution is -0.126. The zero-order valence-corrected chi connectivity index (χ0v) is 7.60. The highest BCUT2D eigenvalue weighted by Gasteiger charge is 2.27. The van der Waals surface area contributed by atoms with Gasteiger partial charge < -0.3 is 10.2 Å². The molecule has 1 heterocycles. The van der Waals surface area contributed by atoms with E-state index in [1.807, 2.05) is 0 Å². The lowest BCUT2D eigenvalue weighted by Crippen LogP contribution is -2.37. The van der Waals surface area contributed by atoms with Crippen LogP contribution >= 0.6 is 11.6 Å². The summed E-state index contributed by atoms with van der Waals surface area (Å²) >= 11 is 5.29. The number of alkyl halides is 1. The minimum absolute atomic E-state index is 0.0472. The lowest BCUT2D eigenvalue weighted by atomic mass is 10.2. The van der Waals surface area contributed by atoms with Crippen LogP contribution in [0.4, 0.5) is 0 Å². The fourth-order valence-corrected chi connectivity index (χ4v) is 1.30. The van der Waals surface area contributed by atoms with Crippen LogP contribution in [-0.2, 0) is 9.59 Å². The quantitative estimate of drug-likeness (QED) is 0.601. The Labute approximate surface area is 75.9 Å². The van der Waals surface area contributed by atoms with E-state index in [0.29, 0.717) is 13.0 Å². The molecule has 5 heteroatoms. The summed E-state index contributed by atoms with van der Waals surface area (Å²) in [7, 11) is 1.72. The normalized spacial score (nSPS) is 23.0. The van der Waals surface area contributed by atoms with Gasteiger partial charge in [0.05, 0.1) is 6.04 Å². The van der Waals surface area contributed by atoms with Gasteiger partial charge in [-0.1, -0.05) is 0 Å². The predicted molar refractivity (Wildman–Crippen MR) is 44.9 cm³/mol. The van der Waals surface area contributed by atoms with Crippen molar-refractivity contribution in [3.8, 4) is 0 Å². The first kappa shape index (κ1) is 9.32. The molecule has 0 saturated carbocycles. The summed E-state index contributed by atoms with van der Waals surface area (Å²) in [5, 5.41) is 2.66. The number of carbonyl (C=O) groups excluding carboxylic acids is 2. The van der Waals surface area contributed by atoms with Gasteiger partial charge in [0, 0.05) is 20.0 Å². The number of likely N-dealkylation sites (N-methyl/N-ethyl adjacent to an activating group) is 1. The molecule has 1 atom stereocenters. The molecule has 12 heavy (non-hydrogen) atoms. The number of rotatable bonds is 2. The summed E-state index contributed by atoms with van der Waals surface area (Å²) in [6, 6.07) is -0.0613. The van der Waals surface area contributed by atoms with E-state index in [-0.39, 0.29) is 23.7 Å². The number of carbonyl (C=O) groups is 2. The fraction of sp³-hybridized carbons (Fsp3) is 0.714. The van der Waals surface area contributed by atoms with E-state index < -0.39 is 0 Å². The average molecular weight is 191 g/mol. The van der Waals surface area contributed by atoms with Crippen LogP contribution in [0.1, 0.15) is 6.42 Å². The predicted octanol–water partition coefficient (Wildman–Crippen LogP) is -0.428. The van der Waals surface area contributed by atoms with Crippen LogP contribution < -0.4 is 5.32 Å². The molecule has 0 aromatic rings. The third-order valence-corrected chi connectivity index (χ3v) is 2.07. The van der Waals surface area contributed by atoms with Crippen LogP contribution in [0.15, 0.2) is 0 Å². The fourth-order valence-electron chi connectivity index (χ4n) is 1.23. The van der Waals surface area contributed by atoms with E-state index in [0.717, 1.165) is 0 Å². The molecule has 0 aliphatic carbocycles. The van der Waals surface area contributed by atoms with Crippen LogP contribution in [0.5, 0.6) is 0 Å².